The third kappa shape index (κ3) is 2.77. The second kappa shape index (κ2) is 5.93. The van der Waals surface area contributed by atoms with Crippen molar-refractivity contribution in [3.8, 4) is 5.75 Å². The first-order chi connectivity index (χ1) is 9.13. The van der Waals surface area contributed by atoms with Crippen LogP contribution in [0.4, 0.5) is 0 Å². The summed E-state index contributed by atoms with van der Waals surface area (Å²) in [6, 6.07) is 6.48. The van der Waals surface area contributed by atoms with E-state index in [1.807, 2.05) is 14.0 Å². The second-order valence-corrected chi connectivity index (χ2v) is 5.68. The molecule has 3 N–H and O–H groups in total. The van der Waals surface area contributed by atoms with E-state index in [-0.39, 0.29) is 11.5 Å². The molecule has 0 saturated heterocycles. The van der Waals surface area contributed by atoms with E-state index in [0.29, 0.717) is 6.61 Å². The molecule has 1 saturated carbocycles. The van der Waals surface area contributed by atoms with Gasteiger partial charge in [-0.1, -0.05) is 18.6 Å². The highest BCUT2D eigenvalue weighted by Gasteiger charge is 2.42. The van der Waals surface area contributed by atoms with E-state index in [2.05, 4.69) is 30.4 Å². The van der Waals surface area contributed by atoms with Crippen LogP contribution < -0.4 is 15.8 Å². The summed E-state index contributed by atoms with van der Waals surface area (Å²) in [6.07, 6.45) is 3.74. The van der Waals surface area contributed by atoms with Gasteiger partial charge >= 0.3 is 0 Å². The van der Waals surface area contributed by atoms with Crippen molar-refractivity contribution in [2.24, 2.45) is 11.1 Å². The Kier molecular flexibility index (Phi) is 4.48. The van der Waals surface area contributed by atoms with Crippen LogP contribution in [0.2, 0.25) is 0 Å². The molecule has 0 spiro atoms. The van der Waals surface area contributed by atoms with Crippen LogP contribution in [0.3, 0.4) is 0 Å². The fraction of sp³-hybridized carbons (Fsp3) is 0.625. The maximum atomic E-state index is 6.53. The molecule has 1 aliphatic carbocycles. The van der Waals surface area contributed by atoms with Crippen LogP contribution >= 0.6 is 0 Å². The monoisotopic (exact) mass is 262 g/mol. The predicted octanol–water partition coefficient (Wildman–Crippen LogP) is 2.78. The van der Waals surface area contributed by atoms with Crippen LogP contribution in [0, 0.1) is 12.3 Å². The Hall–Kier alpha value is -1.06. The fourth-order valence-electron chi connectivity index (χ4n) is 3.12. The standard InChI is InChI=1S/C16H26N2O/c1-4-19-14-7-6-13(10-12(14)2)15(17)16(11-18-3)8-5-9-16/h6-7,10,15,18H,4-5,8-9,11,17H2,1-3H3. The highest BCUT2D eigenvalue weighted by atomic mass is 16.5. The van der Waals surface area contributed by atoms with Crippen molar-refractivity contribution in [2.45, 2.75) is 39.2 Å². The summed E-state index contributed by atoms with van der Waals surface area (Å²) in [5.74, 6) is 0.967. The van der Waals surface area contributed by atoms with E-state index in [4.69, 9.17) is 10.5 Å². The van der Waals surface area contributed by atoms with Gasteiger partial charge in [-0.15, -0.1) is 0 Å². The maximum Gasteiger partial charge on any atom is 0.122 e. The summed E-state index contributed by atoms with van der Waals surface area (Å²) in [4.78, 5) is 0. The molecule has 3 nitrogen and oxygen atoms in total. The largest absolute Gasteiger partial charge is 0.494 e. The minimum absolute atomic E-state index is 0.114. The maximum absolute atomic E-state index is 6.53. The SMILES string of the molecule is CCOc1ccc(C(N)C2(CNC)CCC2)cc1C. The Bertz CT molecular complexity index is 427. The van der Waals surface area contributed by atoms with Crippen LogP contribution in [0.5, 0.6) is 5.75 Å². The molecule has 2 rings (SSSR count). The van der Waals surface area contributed by atoms with Crippen LogP contribution in [0.15, 0.2) is 18.2 Å². The van der Waals surface area contributed by atoms with Crippen molar-refractivity contribution in [2.75, 3.05) is 20.2 Å². The average molecular weight is 262 g/mol. The van der Waals surface area contributed by atoms with Crippen molar-refractivity contribution in [3.05, 3.63) is 29.3 Å². The molecular weight excluding hydrogens is 236 g/mol. The van der Waals surface area contributed by atoms with Gasteiger partial charge in [0.2, 0.25) is 0 Å². The molecule has 0 heterocycles. The van der Waals surface area contributed by atoms with Gasteiger partial charge < -0.3 is 15.8 Å². The molecule has 3 heteroatoms. The Balaban J connectivity index is 2.19. The normalized spacial score (nSPS) is 18.7. The number of hydrogen-bond donors (Lipinski definition) is 2. The number of hydrogen-bond acceptors (Lipinski definition) is 3. The van der Waals surface area contributed by atoms with E-state index in [1.54, 1.807) is 0 Å². The lowest BCUT2D eigenvalue weighted by atomic mass is 9.62. The lowest BCUT2D eigenvalue weighted by Gasteiger charge is -2.46. The Morgan fingerprint density at radius 2 is 2.16 bits per heavy atom. The number of ether oxygens (including phenoxy) is 1. The first-order valence-electron chi connectivity index (χ1n) is 7.26. The molecule has 106 valence electrons. The van der Waals surface area contributed by atoms with Gasteiger partial charge in [0.1, 0.15) is 5.75 Å². The van der Waals surface area contributed by atoms with Crippen LogP contribution in [-0.4, -0.2) is 20.2 Å². The zero-order valence-corrected chi connectivity index (χ0v) is 12.3. The molecule has 1 aliphatic rings. The topological polar surface area (TPSA) is 47.3 Å². The van der Waals surface area contributed by atoms with Crippen molar-refractivity contribution in [3.63, 3.8) is 0 Å². The second-order valence-electron chi connectivity index (χ2n) is 5.68. The van der Waals surface area contributed by atoms with Crippen LogP contribution in [-0.2, 0) is 0 Å². The van der Waals surface area contributed by atoms with Crippen LogP contribution in [0.25, 0.3) is 0 Å². The minimum atomic E-state index is 0.114. The lowest BCUT2D eigenvalue weighted by Crippen LogP contribution is -2.46. The zero-order valence-electron chi connectivity index (χ0n) is 12.3. The van der Waals surface area contributed by atoms with Crippen LogP contribution in [0.1, 0.15) is 43.4 Å². The van der Waals surface area contributed by atoms with Crippen molar-refractivity contribution < 1.29 is 4.74 Å². The van der Waals surface area contributed by atoms with Gasteiger partial charge in [0.15, 0.2) is 0 Å². The molecule has 0 aromatic heterocycles. The molecule has 0 amide bonds. The van der Waals surface area contributed by atoms with Crippen molar-refractivity contribution in [1.29, 1.82) is 0 Å². The van der Waals surface area contributed by atoms with E-state index < -0.39 is 0 Å². The van der Waals surface area contributed by atoms with Crippen molar-refractivity contribution >= 4 is 0 Å². The quantitative estimate of drug-likeness (QED) is 0.828. The van der Waals surface area contributed by atoms with Gasteiger partial charge in [0.05, 0.1) is 6.61 Å². The average Bonchev–Trinajstić information content (AvgIpc) is 2.35. The first-order valence-corrected chi connectivity index (χ1v) is 7.26. The fourth-order valence-corrected chi connectivity index (χ4v) is 3.12. The van der Waals surface area contributed by atoms with Gasteiger partial charge in [0.25, 0.3) is 0 Å². The van der Waals surface area contributed by atoms with Gasteiger partial charge in [-0.25, -0.2) is 0 Å². The van der Waals surface area contributed by atoms with E-state index >= 15 is 0 Å². The molecule has 1 atom stereocenters. The molecule has 19 heavy (non-hydrogen) atoms. The van der Waals surface area contributed by atoms with E-state index in [1.165, 1.54) is 30.4 Å². The van der Waals surface area contributed by atoms with E-state index in [0.717, 1.165) is 12.3 Å². The Labute approximate surface area is 116 Å². The van der Waals surface area contributed by atoms with Gasteiger partial charge in [-0.2, -0.15) is 0 Å². The zero-order chi connectivity index (χ0) is 13.9. The van der Waals surface area contributed by atoms with E-state index in [9.17, 15) is 0 Å². The number of benzene rings is 1. The number of nitrogens with one attached hydrogen (secondary N) is 1. The third-order valence-corrected chi connectivity index (χ3v) is 4.40. The molecule has 0 radical (unpaired) electrons. The molecule has 0 bridgehead atoms. The highest BCUT2D eigenvalue weighted by Crippen LogP contribution is 2.48. The summed E-state index contributed by atoms with van der Waals surface area (Å²) >= 11 is 0. The number of aryl methyl sites for hydroxylation is 1. The number of rotatable bonds is 6. The number of nitrogens with two attached hydrogens (primary N) is 1. The summed E-state index contributed by atoms with van der Waals surface area (Å²) in [6.45, 7) is 5.80. The molecule has 1 aromatic rings. The Morgan fingerprint density at radius 3 is 2.63 bits per heavy atom. The summed E-state index contributed by atoms with van der Waals surface area (Å²) in [7, 11) is 2.01. The van der Waals surface area contributed by atoms with Gasteiger partial charge in [-0.3, -0.25) is 0 Å². The smallest absolute Gasteiger partial charge is 0.122 e. The molecule has 1 fully saturated rings. The highest BCUT2D eigenvalue weighted by molar-refractivity contribution is 5.38. The predicted molar refractivity (Wildman–Crippen MR) is 79.5 cm³/mol. The minimum Gasteiger partial charge on any atom is -0.494 e. The van der Waals surface area contributed by atoms with Gasteiger partial charge in [-0.05, 0) is 50.9 Å². The molecule has 1 unspecified atom stereocenters. The molecule has 0 aliphatic heterocycles. The third-order valence-electron chi connectivity index (χ3n) is 4.40. The summed E-state index contributed by atoms with van der Waals surface area (Å²) in [5, 5.41) is 3.30. The Morgan fingerprint density at radius 1 is 1.42 bits per heavy atom. The van der Waals surface area contributed by atoms with Gasteiger partial charge in [0, 0.05) is 18.0 Å². The first kappa shape index (κ1) is 14.4. The molecular formula is C16H26N2O. The van der Waals surface area contributed by atoms with Crippen molar-refractivity contribution in [1.82, 2.24) is 5.32 Å². The summed E-state index contributed by atoms with van der Waals surface area (Å²) in [5.41, 5.74) is 9.18. The lowest BCUT2D eigenvalue weighted by molar-refractivity contribution is 0.0947. The summed E-state index contributed by atoms with van der Waals surface area (Å²) < 4.78 is 5.59. The molecule has 1 aromatic carbocycles.